The number of carbonyl (C=O) groups excluding carboxylic acids is 1. The Kier molecular flexibility index (Phi) is 4.56. The number of aliphatic imine (C=N–C) groups is 1. The van der Waals surface area contributed by atoms with Crippen molar-refractivity contribution < 1.29 is 4.79 Å². The van der Waals surface area contributed by atoms with Crippen molar-refractivity contribution in [3.8, 4) is 0 Å². The van der Waals surface area contributed by atoms with E-state index in [0.717, 1.165) is 16.8 Å². The van der Waals surface area contributed by atoms with Gasteiger partial charge in [0.1, 0.15) is 0 Å². The van der Waals surface area contributed by atoms with Gasteiger partial charge in [-0.25, -0.2) is 4.79 Å². The Morgan fingerprint density at radius 1 is 0.762 bits per heavy atom. The van der Waals surface area contributed by atoms with Crippen molar-refractivity contribution >= 4 is 11.8 Å². The van der Waals surface area contributed by atoms with E-state index in [1.807, 2.05) is 0 Å². The molecule has 0 heterocycles. The van der Waals surface area contributed by atoms with Gasteiger partial charge in [-0.3, -0.25) is 0 Å². The van der Waals surface area contributed by atoms with Crippen molar-refractivity contribution in [1.82, 2.24) is 0 Å². The SMILES string of the molecule is CC(C)(C)c1cc(C(C)(C)C)c(N=C=O)c(C(C)(C)C)c1. The first-order valence-corrected chi connectivity index (χ1v) is 7.56. The number of hydrogen-bond acceptors (Lipinski definition) is 2. The number of nitrogens with zero attached hydrogens (tertiary/aromatic N) is 1. The lowest BCUT2D eigenvalue weighted by Crippen LogP contribution is -2.21. The van der Waals surface area contributed by atoms with Crippen LogP contribution in [0.15, 0.2) is 17.1 Å². The molecule has 0 aliphatic carbocycles. The third kappa shape index (κ3) is 4.04. The minimum Gasteiger partial charge on any atom is -0.211 e. The topological polar surface area (TPSA) is 29.4 Å². The Morgan fingerprint density at radius 3 is 1.38 bits per heavy atom. The van der Waals surface area contributed by atoms with Crippen LogP contribution in [0.3, 0.4) is 0 Å². The van der Waals surface area contributed by atoms with Gasteiger partial charge < -0.3 is 0 Å². The van der Waals surface area contributed by atoms with Crippen LogP contribution in [0.1, 0.15) is 79.0 Å². The van der Waals surface area contributed by atoms with Crippen LogP contribution in [0.2, 0.25) is 0 Å². The maximum absolute atomic E-state index is 10.9. The van der Waals surface area contributed by atoms with Gasteiger partial charge in [0.2, 0.25) is 6.08 Å². The predicted octanol–water partition coefficient (Wildman–Crippen LogP) is 5.55. The summed E-state index contributed by atoms with van der Waals surface area (Å²) >= 11 is 0. The Morgan fingerprint density at radius 2 is 1.14 bits per heavy atom. The van der Waals surface area contributed by atoms with E-state index in [1.165, 1.54) is 5.56 Å². The maximum atomic E-state index is 10.9. The van der Waals surface area contributed by atoms with E-state index in [0.29, 0.717) is 0 Å². The van der Waals surface area contributed by atoms with Crippen molar-refractivity contribution in [3.63, 3.8) is 0 Å². The van der Waals surface area contributed by atoms with Crippen molar-refractivity contribution in [2.75, 3.05) is 0 Å². The molecule has 0 saturated carbocycles. The fourth-order valence-corrected chi connectivity index (χ4v) is 2.38. The fraction of sp³-hybridized carbons (Fsp3) is 0.632. The number of benzene rings is 1. The summed E-state index contributed by atoms with van der Waals surface area (Å²) in [5.41, 5.74) is 4.21. The van der Waals surface area contributed by atoms with Crippen LogP contribution < -0.4 is 0 Å². The smallest absolute Gasteiger partial charge is 0.211 e. The molecule has 0 fully saturated rings. The van der Waals surface area contributed by atoms with Gasteiger partial charge in [-0.15, -0.1) is 0 Å². The van der Waals surface area contributed by atoms with Crippen LogP contribution in [0.5, 0.6) is 0 Å². The molecule has 0 aliphatic rings. The van der Waals surface area contributed by atoms with E-state index in [9.17, 15) is 4.79 Å². The molecule has 0 radical (unpaired) electrons. The third-order valence-electron chi connectivity index (χ3n) is 3.75. The summed E-state index contributed by atoms with van der Waals surface area (Å²) in [6.07, 6.45) is 1.74. The number of rotatable bonds is 1. The lowest BCUT2D eigenvalue weighted by Gasteiger charge is -2.31. The first-order chi connectivity index (χ1) is 9.28. The summed E-state index contributed by atoms with van der Waals surface area (Å²) in [7, 11) is 0. The van der Waals surface area contributed by atoms with Crippen LogP contribution in [0.25, 0.3) is 0 Å². The Labute approximate surface area is 129 Å². The van der Waals surface area contributed by atoms with Gasteiger partial charge in [-0.2, -0.15) is 4.99 Å². The second kappa shape index (κ2) is 5.42. The summed E-state index contributed by atoms with van der Waals surface area (Å²) in [6.45, 7) is 19.6. The van der Waals surface area contributed by atoms with Crippen molar-refractivity contribution in [2.24, 2.45) is 4.99 Å². The van der Waals surface area contributed by atoms with Gasteiger partial charge in [0, 0.05) is 0 Å². The second-order valence-electron chi connectivity index (χ2n) is 8.87. The highest BCUT2D eigenvalue weighted by Gasteiger charge is 2.29. The summed E-state index contributed by atoms with van der Waals surface area (Å²) in [4.78, 5) is 15.0. The summed E-state index contributed by atoms with van der Waals surface area (Å²) in [5, 5.41) is 0. The first-order valence-electron chi connectivity index (χ1n) is 7.56. The molecule has 2 nitrogen and oxygen atoms in total. The Hall–Kier alpha value is -1.40. The van der Waals surface area contributed by atoms with E-state index in [4.69, 9.17) is 0 Å². The van der Waals surface area contributed by atoms with Crippen LogP contribution in [0, 0.1) is 0 Å². The highest BCUT2D eigenvalue weighted by atomic mass is 16.1. The molecule has 1 aromatic rings. The van der Waals surface area contributed by atoms with Crippen molar-refractivity contribution in [2.45, 2.75) is 78.6 Å². The highest BCUT2D eigenvalue weighted by Crippen LogP contribution is 2.42. The molecule has 0 bridgehead atoms. The molecule has 0 unspecified atom stereocenters. The molecule has 0 saturated heterocycles. The summed E-state index contributed by atoms with van der Waals surface area (Å²) < 4.78 is 0. The van der Waals surface area contributed by atoms with Crippen LogP contribution in [-0.4, -0.2) is 6.08 Å². The normalized spacial score (nSPS) is 13.0. The zero-order chi connectivity index (χ0) is 16.6. The molecular formula is C19H29NO. The largest absolute Gasteiger partial charge is 0.240 e. The fourth-order valence-electron chi connectivity index (χ4n) is 2.38. The van der Waals surface area contributed by atoms with E-state index < -0.39 is 0 Å². The van der Waals surface area contributed by atoms with Crippen LogP contribution in [0.4, 0.5) is 5.69 Å². The zero-order valence-corrected chi connectivity index (χ0v) is 15.0. The Bertz CT molecular complexity index is 536. The molecule has 0 amide bonds. The van der Waals surface area contributed by atoms with Gasteiger partial charge in [-0.05, 0) is 32.9 Å². The van der Waals surface area contributed by atoms with E-state index in [-0.39, 0.29) is 16.2 Å². The Balaban J connectivity index is 3.88. The molecule has 21 heavy (non-hydrogen) atoms. The van der Waals surface area contributed by atoms with Gasteiger partial charge in [0.15, 0.2) is 0 Å². The average Bonchev–Trinajstić information content (AvgIpc) is 2.24. The third-order valence-corrected chi connectivity index (χ3v) is 3.75. The molecule has 0 atom stereocenters. The van der Waals surface area contributed by atoms with Crippen LogP contribution >= 0.6 is 0 Å². The van der Waals surface area contributed by atoms with Gasteiger partial charge in [0.25, 0.3) is 0 Å². The van der Waals surface area contributed by atoms with Gasteiger partial charge in [0.05, 0.1) is 5.69 Å². The van der Waals surface area contributed by atoms with Crippen molar-refractivity contribution in [1.29, 1.82) is 0 Å². The molecular weight excluding hydrogens is 258 g/mol. The minimum absolute atomic E-state index is 0.0590. The molecule has 2 heteroatoms. The standard InChI is InChI=1S/C19H29NO/c1-17(2,3)13-10-14(18(4,5)6)16(20-12-21)15(11-13)19(7,8)9/h10-11H,1-9H3. The predicted molar refractivity (Wildman–Crippen MR) is 90.3 cm³/mol. The molecule has 0 aromatic heterocycles. The number of hydrogen-bond donors (Lipinski definition) is 0. The monoisotopic (exact) mass is 287 g/mol. The molecule has 116 valence electrons. The van der Waals surface area contributed by atoms with Crippen molar-refractivity contribution in [3.05, 3.63) is 28.8 Å². The molecule has 0 aliphatic heterocycles. The molecule has 1 aromatic carbocycles. The highest BCUT2D eigenvalue weighted by molar-refractivity contribution is 5.64. The molecule has 0 N–H and O–H groups in total. The van der Waals surface area contributed by atoms with E-state index in [2.05, 4.69) is 79.4 Å². The average molecular weight is 287 g/mol. The van der Waals surface area contributed by atoms with Gasteiger partial charge >= 0.3 is 0 Å². The van der Waals surface area contributed by atoms with E-state index >= 15 is 0 Å². The zero-order valence-electron chi connectivity index (χ0n) is 15.0. The van der Waals surface area contributed by atoms with E-state index in [1.54, 1.807) is 6.08 Å². The molecule has 0 spiro atoms. The summed E-state index contributed by atoms with van der Waals surface area (Å²) in [5.74, 6) is 0. The second-order valence-corrected chi connectivity index (χ2v) is 8.87. The molecule has 1 rings (SSSR count). The quantitative estimate of drug-likeness (QED) is 0.492. The lowest BCUT2D eigenvalue weighted by atomic mass is 9.74. The number of isocyanates is 1. The first kappa shape index (κ1) is 17.7. The lowest BCUT2D eigenvalue weighted by molar-refractivity contribution is 0.548. The van der Waals surface area contributed by atoms with Gasteiger partial charge in [-0.1, -0.05) is 74.4 Å². The maximum Gasteiger partial charge on any atom is 0.240 e. The minimum atomic E-state index is -0.0725. The summed E-state index contributed by atoms with van der Waals surface area (Å²) in [6, 6.07) is 4.40. The van der Waals surface area contributed by atoms with Crippen LogP contribution in [-0.2, 0) is 21.0 Å².